The van der Waals surface area contributed by atoms with Crippen LogP contribution in [0.3, 0.4) is 0 Å². The standard InChI is InChI=1S/C21H23NO5/c1-15-3-4-17(13-19(15)26-2)14-27-18-8-5-16(6-9-18)7-10-20(23)22-12-11-21(24)25/h3-10,13H,11-12,14H2,1-2H3,(H,22,23)(H,24,25)/b10-7+. The molecule has 0 aliphatic heterocycles. The zero-order chi connectivity index (χ0) is 19.6. The maximum Gasteiger partial charge on any atom is 0.305 e. The molecule has 2 aromatic rings. The Balaban J connectivity index is 1.85. The van der Waals surface area contributed by atoms with Gasteiger partial charge in [0.05, 0.1) is 13.5 Å². The number of rotatable bonds is 9. The number of carboxylic acids is 1. The van der Waals surface area contributed by atoms with E-state index in [-0.39, 0.29) is 18.9 Å². The fourth-order valence-corrected chi connectivity index (χ4v) is 2.32. The average molecular weight is 369 g/mol. The number of carbonyl (C=O) groups is 2. The van der Waals surface area contributed by atoms with E-state index < -0.39 is 5.97 Å². The molecule has 0 saturated carbocycles. The first-order valence-electron chi connectivity index (χ1n) is 8.52. The second kappa shape index (κ2) is 10.0. The molecule has 0 saturated heterocycles. The number of hydrogen-bond acceptors (Lipinski definition) is 4. The van der Waals surface area contributed by atoms with Crippen LogP contribution < -0.4 is 14.8 Å². The highest BCUT2D eigenvalue weighted by molar-refractivity contribution is 5.91. The largest absolute Gasteiger partial charge is 0.496 e. The number of methoxy groups -OCH3 is 1. The van der Waals surface area contributed by atoms with E-state index in [0.29, 0.717) is 6.61 Å². The summed E-state index contributed by atoms with van der Waals surface area (Å²) in [6.07, 6.45) is 2.93. The molecular formula is C21H23NO5. The van der Waals surface area contributed by atoms with Crippen molar-refractivity contribution in [2.75, 3.05) is 13.7 Å². The Morgan fingerprint density at radius 3 is 2.56 bits per heavy atom. The molecule has 6 nitrogen and oxygen atoms in total. The third-order valence-electron chi connectivity index (χ3n) is 3.82. The fraction of sp³-hybridized carbons (Fsp3) is 0.238. The van der Waals surface area contributed by atoms with Gasteiger partial charge in [0.2, 0.25) is 5.91 Å². The molecule has 0 radical (unpaired) electrons. The lowest BCUT2D eigenvalue weighted by molar-refractivity contribution is -0.136. The minimum Gasteiger partial charge on any atom is -0.496 e. The van der Waals surface area contributed by atoms with E-state index in [0.717, 1.165) is 28.2 Å². The summed E-state index contributed by atoms with van der Waals surface area (Å²) >= 11 is 0. The van der Waals surface area contributed by atoms with Gasteiger partial charge in [-0.2, -0.15) is 0 Å². The van der Waals surface area contributed by atoms with E-state index in [1.165, 1.54) is 6.08 Å². The Hall–Kier alpha value is -3.28. The lowest BCUT2D eigenvalue weighted by Gasteiger charge is -2.09. The van der Waals surface area contributed by atoms with Crippen molar-refractivity contribution < 1.29 is 24.2 Å². The van der Waals surface area contributed by atoms with Crippen molar-refractivity contribution in [3.05, 3.63) is 65.2 Å². The first-order valence-corrected chi connectivity index (χ1v) is 8.52. The summed E-state index contributed by atoms with van der Waals surface area (Å²) in [5, 5.41) is 11.0. The Morgan fingerprint density at radius 1 is 1.15 bits per heavy atom. The fourth-order valence-electron chi connectivity index (χ4n) is 2.32. The summed E-state index contributed by atoms with van der Waals surface area (Å²) < 4.78 is 11.1. The van der Waals surface area contributed by atoms with Crippen molar-refractivity contribution >= 4 is 18.0 Å². The van der Waals surface area contributed by atoms with Gasteiger partial charge >= 0.3 is 5.97 Å². The first kappa shape index (κ1) is 20.0. The van der Waals surface area contributed by atoms with Gasteiger partial charge in [-0.25, -0.2) is 0 Å². The van der Waals surface area contributed by atoms with Crippen LogP contribution >= 0.6 is 0 Å². The zero-order valence-electron chi connectivity index (χ0n) is 15.4. The number of ether oxygens (including phenoxy) is 2. The summed E-state index contributed by atoms with van der Waals surface area (Å²) in [6.45, 7) is 2.52. The van der Waals surface area contributed by atoms with Gasteiger partial charge in [-0.05, 0) is 47.9 Å². The van der Waals surface area contributed by atoms with Crippen LogP contribution in [0.25, 0.3) is 6.08 Å². The Labute approximate surface area is 158 Å². The van der Waals surface area contributed by atoms with E-state index in [1.54, 1.807) is 13.2 Å². The molecule has 0 aliphatic rings. The van der Waals surface area contributed by atoms with E-state index in [2.05, 4.69) is 5.32 Å². The van der Waals surface area contributed by atoms with E-state index >= 15 is 0 Å². The normalized spacial score (nSPS) is 10.6. The number of benzene rings is 2. The predicted octanol–water partition coefficient (Wildman–Crippen LogP) is 3.19. The van der Waals surface area contributed by atoms with E-state index in [4.69, 9.17) is 14.6 Å². The topological polar surface area (TPSA) is 84.9 Å². The second-order valence-electron chi connectivity index (χ2n) is 5.93. The van der Waals surface area contributed by atoms with Gasteiger partial charge in [-0.15, -0.1) is 0 Å². The van der Waals surface area contributed by atoms with Crippen molar-refractivity contribution in [1.82, 2.24) is 5.32 Å². The molecule has 0 aliphatic carbocycles. The summed E-state index contributed by atoms with van der Waals surface area (Å²) in [5.41, 5.74) is 2.93. The Morgan fingerprint density at radius 2 is 1.89 bits per heavy atom. The number of aliphatic carboxylic acids is 1. The van der Waals surface area contributed by atoms with Gasteiger partial charge in [0, 0.05) is 12.6 Å². The van der Waals surface area contributed by atoms with Crippen molar-refractivity contribution in [2.24, 2.45) is 0 Å². The number of aryl methyl sites for hydroxylation is 1. The van der Waals surface area contributed by atoms with Crippen molar-refractivity contribution in [3.8, 4) is 11.5 Å². The zero-order valence-corrected chi connectivity index (χ0v) is 15.4. The Kier molecular flexibility index (Phi) is 7.43. The number of carboxylic acid groups (broad SMARTS) is 1. The van der Waals surface area contributed by atoms with Gasteiger partial charge in [-0.1, -0.05) is 24.3 Å². The van der Waals surface area contributed by atoms with Crippen LogP contribution in [0.1, 0.15) is 23.1 Å². The third kappa shape index (κ3) is 6.86. The smallest absolute Gasteiger partial charge is 0.305 e. The second-order valence-corrected chi connectivity index (χ2v) is 5.93. The molecule has 0 bridgehead atoms. The Bertz CT molecular complexity index is 812. The van der Waals surface area contributed by atoms with Crippen LogP contribution in [0.5, 0.6) is 11.5 Å². The van der Waals surface area contributed by atoms with Crippen LogP contribution in [0.2, 0.25) is 0 Å². The summed E-state index contributed by atoms with van der Waals surface area (Å²) in [4.78, 5) is 22.0. The molecule has 27 heavy (non-hydrogen) atoms. The summed E-state index contributed by atoms with van der Waals surface area (Å²) in [7, 11) is 1.64. The lowest BCUT2D eigenvalue weighted by Crippen LogP contribution is -2.23. The van der Waals surface area contributed by atoms with Gasteiger partial charge in [0.1, 0.15) is 18.1 Å². The molecule has 2 aromatic carbocycles. The van der Waals surface area contributed by atoms with Crippen LogP contribution in [0.15, 0.2) is 48.5 Å². The van der Waals surface area contributed by atoms with Crippen molar-refractivity contribution in [1.29, 1.82) is 0 Å². The molecular weight excluding hydrogens is 346 g/mol. The molecule has 1 amide bonds. The van der Waals surface area contributed by atoms with Gasteiger partial charge in [-0.3, -0.25) is 9.59 Å². The highest BCUT2D eigenvalue weighted by Gasteiger charge is 2.02. The molecule has 0 fully saturated rings. The van der Waals surface area contributed by atoms with Crippen LogP contribution in [0.4, 0.5) is 0 Å². The third-order valence-corrected chi connectivity index (χ3v) is 3.82. The number of hydrogen-bond donors (Lipinski definition) is 2. The summed E-state index contributed by atoms with van der Waals surface area (Å²) in [6, 6.07) is 13.3. The molecule has 2 N–H and O–H groups in total. The molecule has 0 heterocycles. The highest BCUT2D eigenvalue weighted by Crippen LogP contribution is 2.21. The molecule has 0 unspecified atom stereocenters. The molecule has 2 rings (SSSR count). The monoisotopic (exact) mass is 369 g/mol. The van der Waals surface area contributed by atoms with Crippen molar-refractivity contribution in [2.45, 2.75) is 20.0 Å². The van der Waals surface area contributed by atoms with Gasteiger partial charge < -0.3 is 19.9 Å². The van der Waals surface area contributed by atoms with Crippen LogP contribution in [-0.4, -0.2) is 30.6 Å². The average Bonchev–Trinajstić information content (AvgIpc) is 2.66. The number of nitrogens with one attached hydrogen (secondary N) is 1. The maximum absolute atomic E-state index is 11.6. The van der Waals surface area contributed by atoms with Gasteiger partial charge in [0.15, 0.2) is 0 Å². The SMILES string of the molecule is COc1cc(COc2ccc(/C=C/C(=O)NCCC(=O)O)cc2)ccc1C. The molecule has 142 valence electrons. The lowest BCUT2D eigenvalue weighted by atomic mass is 10.1. The summed E-state index contributed by atoms with van der Waals surface area (Å²) in [5.74, 6) is 0.277. The minimum atomic E-state index is -0.945. The number of amides is 1. The van der Waals surface area contributed by atoms with Gasteiger partial charge in [0.25, 0.3) is 0 Å². The number of carbonyl (C=O) groups excluding carboxylic acids is 1. The minimum absolute atomic E-state index is 0.0987. The first-order chi connectivity index (χ1) is 13.0. The molecule has 0 atom stereocenters. The van der Waals surface area contributed by atoms with Crippen molar-refractivity contribution in [3.63, 3.8) is 0 Å². The van der Waals surface area contributed by atoms with E-state index in [1.807, 2.05) is 49.4 Å². The molecule has 0 aromatic heterocycles. The predicted molar refractivity (Wildman–Crippen MR) is 103 cm³/mol. The van der Waals surface area contributed by atoms with E-state index in [9.17, 15) is 9.59 Å². The quantitative estimate of drug-likeness (QED) is 0.663. The van der Waals surface area contributed by atoms with Crippen LogP contribution in [0, 0.1) is 6.92 Å². The molecule has 6 heteroatoms. The molecule has 0 spiro atoms. The van der Waals surface area contributed by atoms with Crippen LogP contribution in [-0.2, 0) is 16.2 Å². The maximum atomic E-state index is 11.6. The highest BCUT2D eigenvalue weighted by atomic mass is 16.5.